The second-order valence-corrected chi connectivity index (χ2v) is 7.41. The van der Waals surface area contributed by atoms with Gasteiger partial charge in [0.1, 0.15) is 11.4 Å². The van der Waals surface area contributed by atoms with E-state index in [0.717, 1.165) is 12.8 Å². The van der Waals surface area contributed by atoms with E-state index >= 15 is 0 Å². The minimum absolute atomic E-state index is 0.162. The number of rotatable bonds is 7. The molecule has 0 saturated heterocycles. The van der Waals surface area contributed by atoms with Crippen molar-refractivity contribution in [2.24, 2.45) is 5.73 Å². The number of anilines is 4. The summed E-state index contributed by atoms with van der Waals surface area (Å²) in [7, 11) is 0. The summed E-state index contributed by atoms with van der Waals surface area (Å²) in [6, 6.07) is 19.1. The van der Waals surface area contributed by atoms with Gasteiger partial charge >= 0.3 is 0 Å². The van der Waals surface area contributed by atoms with Crippen molar-refractivity contribution in [1.29, 1.82) is 0 Å². The first-order valence-electron chi connectivity index (χ1n) is 9.74. The third-order valence-corrected chi connectivity index (χ3v) is 5.09. The van der Waals surface area contributed by atoms with Crippen molar-refractivity contribution < 1.29 is 9.59 Å². The Morgan fingerprint density at radius 3 is 2.40 bits per heavy atom. The van der Waals surface area contributed by atoms with Crippen LogP contribution in [0.2, 0.25) is 0 Å². The Morgan fingerprint density at radius 2 is 1.73 bits per heavy atom. The van der Waals surface area contributed by atoms with Crippen LogP contribution in [0.4, 0.5) is 22.9 Å². The quantitative estimate of drug-likeness (QED) is 0.479. The van der Waals surface area contributed by atoms with Crippen LogP contribution in [0.3, 0.4) is 0 Å². The lowest BCUT2D eigenvalue weighted by molar-refractivity contribution is -0.114. The SMILES string of the molecule is CC(=O)Nc1cccc(Nc2nccc(NC3(c4ccccc4)CC3)c2C(N)=O)c1. The maximum atomic E-state index is 12.3. The molecule has 7 heteroatoms. The van der Waals surface area contributed by atoms with Gasteiger partial charge in [-0.15, -0.1) is 0 Å². The molecule has 0 radical (unpaired) electrons. The second kappa shape index (κ2) is 7.87. The minimum atomic E-state index is -0.574. The number of hydrogen-bond acceptors (Lipinski definition) is 5. The molecule has 0 spiro atoms. The summed E-state index contributed by atoms with van der Waals surface area (Å²) in [6.45, 7) is 1.45. The topological polar surface area (TPSA) is 109 Å². The third kappa shape index (κ3) is 4.10. The molecule has 7 nitrogen and oxygen atoms in total. The summed E-state index contributed by atoms with van der Waals surface area (Å²) in [5.41, 5.74) is 8.96. The lowest BCUT2D eigenvalue weighted by Crippen LogP contribution is -2.23. The molecule has 4 rings (SSSR count). The highest BCUT2D eigenvalue weighted by Gasteiger charge is 2.44. The van der Waals surface area contributed by atoms with Crippen LogP contribution in [0.5, 0.6) is 0 Å². The van der Waals surface area contributed by atoms with E-state index in [9.17, 15) is 9.59 Å². The summed E-state index contributed by atoms with van der Waals surface area (Å²) in [4.78, 5) is 28.0. The monoisotopic (exact) mass is 401 g/mol. The molecule has 0 bridgehead atoms. The zero-order chi connectivity index (χ0) is 21.1. The van der Waals surface area contributed by atoms with Crippen molar-refractivity contribution in [2.75, 3.05) is 16.0 Å². The number of nitrogens with two attached hydrogens (primary N) is 1. The molecule has 1 heterocycles. The van der Waals surface area contributed by atoms with E-state index in [2.05, 4.69) is 33.1 Å². The van der Waals surface area contributed by atoms with Crippen LogP contribution in [-0.4, -0.2) is 16.8 Å². The Hall–Kier alpha value is -3.87. The van der Waals surface area contributed by atoms with E-state index < -0.39 is 5.91 Å². The Labute approximate surface area is 174 Å². The summed E-state index contributed by atoms with van der Waals surface area (Å²) in [5.74, 6) is -0.378. The van der Waals surface area contributed by atoms with E-state index in [1.807, 2.05) is 24.3 Å². The van der Waals surface area contributed by atoms with Gasteiger partial charge in [-0.3, -0.25) is 9.59 Å². The number of pyridine rings is 1. The van der Waals surface area contributed by atoms with Crippen molar-refractivity contribution in [3.05, 3.63) is 78.0 Å². The summed E-state index contributed by atoms with van der Waals surface area (Å²) in [6.07, 6.45) is 3.58. The van der Waals surface area contributed by atoms with Gasteiger partial charge in [0.25, 0.3) is 5.91 Å². The molecule has 1 aromatic heterocycles. The van der Waals surface area contributed by atoms with Gasteiger partial charge in [0.2, 0.25) is 5.91 Å². The number of amides is 2. The van der Waals surface area contributed by atoms with E-state index in [4.69, 9.17) is 5.73 Å². The minimum Gasteiger partial charge on any atom is -0.375 e. The second-order valence-electron chi connectivity index (χ2n) is 7.41. The molecular formula is C23H23N5O2. The lowest BCUT2D eigenvalue weighted by Gasteiger charge is -2.22. The molecule has 30 heavy (non-hydrogen) atoms. The highest BCUT2D eigenvalue weighted by atomic mass is 16.1. The molecule has 5 N–H and O–H groups in total. The average molecular weight is 401 g/mol. The van der Waals surface area contributed by atoms with Gasteiger partial charge in [0.15, 0.2) is 0 Å². The van der Waals surface area contributed by atoms with Crippen LogP contribution in [0, 0.1) is 0 Å². The molecule has 2 amide bonds. The number of benzene rings is 2. The molecule has 0 atom stereocenters. The predicted octanol–water partition coefficient (Wildman–Crippen LogP) is 3.98. The highest BCUT2D eigenvalue weighted by molar-refractivity contribution is 6.04. The lowest BCUT2D eigenvalue weighted by atomic mass is 10.0. The molecular weight excluding hydrogens is 378 g/mol. The van der Waals surface area contributed by atoms with Gasteiger partial charge in [-0.05, 0) is 42.7 Å². The molecule has 0 unspecified atom stereocenters. The molecule has 1 aliphatic rings. The first kappa shape index (κ1) is 19.4. The van der Waals surface area contributed by atoms with Crippen LogP contribution < -0.4 is 21.7 Å². The molecule has 1 saturated carbocycles. The van der Waals surface area contributed by atoms with Gasteiger partial charge < -0.3 is 21.7 Å². The van der Waals surface area contributed by atoms with Gasteiger partial charge in [-0.1, -0.05) is 36.4 Å². The van der Waals surface area contributed by atoms with Crippen LogP contribution in [0.25, 0.3) is 0 Å². The van der Waals surface area contributed by atoms with Crippen LogP contribution >= 0.6 is 0 Å². The Kier molecular flexibility index (Phi) is 5.10. The van der Waals surface area contributed by atoms with Crippen molar-refractivity contribution >= 4 is 34.7 Å². The fraction of sp³-hybridized carbons (Fsp3) is 0.174. The number of nitrogens with zero attached hydrogens (tertiary/aromatic N) is 1. The van der Waals surface area contributed by atoms with Crippen LogP contribution in [0.15, 0.2) is 66.9 Å². The number of aromatic nitrogens is 1. The third-order valence-electron chi connectivity index (χ3n) is 5.09. The number of carbonyl (C=O) groups excluding carboxylic acids is 2. The van der Waals surface area contributed by atoms with E-state index in [0.29, 0.717) is 28.4 Å². The van der Waals surface area contributed by atoms with Gasteiger partial charge in [0, 0.05) is 24.5 Å². The van der Waals surface area contributed by atoms with Crippen molar-refractivity contribution in [2.45, 2.75) is 25.3 Å². The van der Waals surface area contributed by atoms with Crippen molar-refractivity contribution in [3.63, 3.8) is 0 Å². The maximum absolute atomic E-state index is 12.3. The Bertz CT molecular complexity index is 1090. The fourth-order valence-corrected chi connectivity index (χ4v) is 3.55. The Balaban J connectivity index is 1.64. The maximum Gasteiger partial charge on any atom is 0.254 e. The van der Waals surface area contributed by atoms with Gasteiger partial charge in [-0.25, -0.2) is 4.98 Å². The van der Waals surface area contributed by atoms with E-state index in [-0.39, 0.29) is 11.4 Å². The normalized spacial score (nSPS) is 13.9. The average Bonchev–Trinajstić information content (AvgIpc) is 3.49. The summed E-state index contributed by atoms with van der Waals surface area (Å²) in [5, 5.41) is 9.41. The first-order valence-corrected chi connectivity index (χ1v) is 9.74. The fourth-order valence-electron chi connectivity index (χ4n) is 3.55. The van der Waals surface area contributed by atoms with Crippen molar-refractivity contribution in [1.82, 2.24) is 4.98 Å². The smallest absolute Gasteiger partial charge is 0.254 e. The molecule has 0 aliphatic heterocycles. The predicted molar refractivity (Wildman–Crippen MR) is 118 cm³/mol. The molecule has 1 aliphatic carbocycles. The first-order chi connectivity index (χ1) is 14.5. The van der Waals surface area contributed by atoms with Crippen LogP contribution in [-0.2, 0) is 10.3 Å². The van der Waals surface area contributed by atoms with Gasteiger partial charge in [-0.2, -0.15) is 0 Å². The number of nitrogens with one attached hydrogen (secondary N) is 3. The number of carbonyl (C=O) groups is 2. The zero-order valence-electron chi connectivity index (χ0n) is 16.6. The molecule has 152 valence electrons. The summed E-state index contributed by atoms with van der Waals surface area (Å²) >= 11 is 0. The molecule has 3 aromatic rings. The largest absolute Gasteiger partial charge is 0.375 e. The van der Waals surface area contributed by atoms with Crippen molar-refractivity contribution in [3.8, 4) is 0 Å². The van der Waals surface area contributed by atoms with E-state index in [1.54, 1.807) is 30.5 Å². The molecule has 2 aromatic carbocycles. The highest BCUT2D eigenvalue weighted by Crippen LogP contribution is 2.48. The van der Waals surface area contributed by atoms with E-state index in [1.165, 1.54) is 12.5 Å². The van der Waals surface area contributed by atoms with Crippen LogP contribution in [0.1, 0.15) is 35.7 Å². The summed E-state index contributed by atoms with van der Waals surface area (Å²) < 4.78 is 0. The molecule has 1 fully saturated rings. The standard InChI is InChI=1S/C23H23N5O2/c1-15(29)26-17-8-5-9-18(14-17)27-22-20(21(24)30)19(10-13-25-22)28-23(11-12-23)16-6-3-2-4-7-16/h2-10,13-14H,11-12H2,1H3,(H2,24,30)(H,26,29)(H2,25,27,28). The Morgan fingerprint density at radius 1 is 1.00 bits per heavy atom. The zero-order valence-corrected chi connectivity index (χ0v) is 16.6. The number of primary amides is 1. The number of hydrogen-bond donors (Lipinski definition) is 4. The van der Waals surface area contributed by atoms with Gasteiger partial charge in [0.05, 0.1) is 11.2 Å².